The van der Waals surface area contributed by atoms with Crippen LogP contribution in [0.25, 0.3) is 22.0 Å². The first-order valence-electron chi connectivity index (χ1n) is 16.8. The average molecular weight is 805 g/mol. The SMILES string of the molecule is Cn1nc(NS(C)(=O)=O)c2c(Cl)ccc(-c3ccc(C#CC(C)(C)O)nc3C(Cc3cc(F)cc(F)c3)NC(=O)Cn3nc(C#N)c4c3C(F)(F)C3C#CC43)c21. The molecule has 3 unspecified atom stereocenters. The molecular formula is C38H29ClF4N8O4S. The Balaban J connectivity index is 1.39. The number of aromatic nitrogens is 5. The van der Waals surface area contributed by atoms with Crippen molar-refractivity contribution in [1.82, 2.24) is 29.9 Å². The summed E-state index contributed by atoms with van der Waals surface area (Å²) in [4.78, 5) is 18.7. The lowest BCUT2D eigenvalue weighted by Crippen LogP contribution is -2.35. The zero-order valence-corrected chi connectivity index (χ0v) is 31.4. The molecule has 2 aliphatic carbocycles. The fraction of sp³-hybridized carbons (Fsp3) is 0.289. The van der Waals surface area contributed by atoms with Crippen LogP contribution in [0.4, 0.5) is 23.4 Å². The van der Waals surface area contributed by atoms with Gasteiger partial charge in [-0.1, -0.05) is 35.4 Å². The molecule has 286 valence electrons. The number of rotatable bonds is 9. The van der Waals surface area contributed by atoms with Crippen molar-refractivity contribution in [2.75, 3.05) is 11.0 Å². The second-order valence-corrected chi connectivity index (χ2v) is 16.1. The monoisotopic (exact) mass is 804 g/mol. The van der Waals surface area contributed by atoms with E-state index in [0.29, 0.717) is 22.7 Å². The third-order valence-corrected chi connectivity index (χ3v) is 9.97. The molecule has 0 bridgehead atoms. The summed E-state index contributed by atoms with van der Waals surface area (Å²) in [6, 6.07) is 9.57. The normalized spacial score (nSPS) is 17.0. The Morgan fingerprint density at radius 3 is 2.45 bits per heavy atom. The van der Waals surface area contributed by atoms with Crippen LogP contribution >= 0.6 is 11.6 Å². The highest BCUT2D eigenvalue weighted by Crippen LogP contribution is 2.56. The van der Waals surface area contributed by atoms with Gasteiger partial charge in [0, 0.05) is 29.8 Å². The van der Waals surface area contributed by atoms with Crippen molar-refractivity contribution >= 4 is 44.3 Å². The zero-order valence-electron chi connectivity index (χ0n) is 29.8. The first kappa shape index (κ1) is 38.3. The van der Waals surface area contributed by atoms with Crippen molar-refractivity contribution in [2.45, 2.75) is 50.3 Å². The van der Waals surface area contributed by atoms with Crippen molar-refractivity contribution in [3.8, 4) is 40.9 Å². The van der Waals surface area contributed by atoms with Crippen molar-refractivity contribution < 1.29 is 35.9 Å². The third kappa shape index (κ3) is 7.15. The molecule has 7 rings (SSSR count). The summed E-state index contributed by atoms with van der Waals surface area (Å²) in [6.45, 7) is 2.13. The fourth-order valence-electron chi connectivity index (χ4n) is 6.91. The molecule has 1 amide bonds. The quantitative estimate of drug-likeness (QED) is 0.138. The van der Waals surface area contributed by atoms with E-state index in [1.807, 2.05) is 6.07 Å². The number of benzene rings is 2. The lowest BCUT2D eigenvalue weighted by atomic mass is 9.84. The van der Waals surface area contributed by atoms with E-state index in [-0.39, 0.29) is 50.9 Å². The standard InChI is InChI=1S/C38H29ClF4N8O4S/c1-37(2,53)12-11-22-5-6-23(24-8-10-27(39)32-34(24)50(3)48-36(32)49-56(4,54)55)33(45-22)28(15-19-13-20(40)16-21(41)14-19)46-30(52)18-51-35-31(29(17-44)47-51)25-7-9-26(25)38(35,42)43/h5-6,8,10,13-14,16,25-26,28,53H,15,18H2,1-4H3,(H,46,52)(H,48,49). The number of fused-ring (bicyclic) bond motifs is 4. The highest BCUT2D eigenvalue weighted by molar-refractivity contribution is 7.92. The molecule has 0 saturated heterocycles. The van der Waals surface area contributed by atoms with E-state index >= 15 is 8.78 Å². The molecule has 0 radical (unpaired) electrons. The first-order chi connectivity index (χ1) is 26.2. The van der Waals surface area contributed by atoms with Gasteiger partial charge in [0.25, 0.3) is 0 Å². The van der Waals surface area contributed by atoms with Gasteiger partial charge in [-0.05, 0) is 62.1 Å². The van der Waals surface area contributed by atoms with E-state index in [9.17, 15) is 32.4 Å². The van der Waals surface area contributed by atoms with E-state index in [1.54, 1.807) is 19.2 Å². The van der Waals surface area contributed by atoms with Gasteiger partial charge >= 0.3 is 5.92 Å². The topological polar surface area (TPSA) is 168 Å². The largest absolute Gasteiger partial charge is 0.378 e. The minimum absolute atomic E-state index is 0.0319. The Morgan fingerprint density at radius 2 is 1.82 bits per heavy atom. The molecule has 0 spiro atoms. The van der Waals surface area contributed by atoms with Crippen molar-refractivity contribution in [3.63, 3.8) is 0 Å². The first-order valence-corrected chi connectivity index (χ1v) is 19.1. The summed E-state index contributed by atoms with van der Waals surface area (Å²) < 4.78 is 89.1. The lowest BCUT2D eigenvalue weighted by molar-refractivity contribution is -0.123. The van der Waals surface area contributed by atoms with Crippen LogP contribution in [0.2, 0.25) is 5.02 Å². The zero-order chi connectivity index (χ0) is 40.5. The predicted molar refractivity (Wildman–Crippen MR) is 196 cm³/mol. The number of nitrogens with zero attached hydrogens (tertiary/aromatic N) is 6. The molecule has 56 heavy (non-hydrogen) atoms. The molecule has 3 N–H and O–H groups in total. The second-order valence-electron chi connectivity index (χ2n) is 14.0. The van der Waals surface area contributed by atoms with Crippen LogP contribution in [0.15, 0.2) is 42.5 Å². The summed E-state index contributed by atoms with van der Waals surface area (Å²) in [5.74, 6) is 2.02. The van der Waals surface area contributed by atoms with Crippen LogP contribution in [0.5, 0.6) is 0 Å². The molecule has 5 aromatic rings. The number of pyridine rings is 1. The van der Waals surface area contributed by atoms with Gasteiger partial charge in [-0.15, -0.1) is 0 Å². The fourth-order valence-corrected chi connectivity index (χ4v) is 7.64. The minimum Gasteiger partial charge on any atom is -0.378 e. The number of aliphatic hydroxyl groups is 1. The number of carbonyl (C=O) groups excluding carboxylic acids is 1. The van der Waals surface area contributed by atoms with Gasteiger partial charge < -0.3 is 10.4 Å². The summed E-state index contributed by atoms with van der Waals surface area (Å²) >= 11 is 6.59. The Morgan fingerprint density at radius 1 is 1.12 bits per heavy atom. The number of aryl methyl sites for hydroxylation is 1. The van der Waals surface area contributed by atoms with Crippen LogP contribution in [-0.2, 0) is 40.8 Å². The Kier molecular flexibility index (Phi) is 9.36. The molecule has 12 nitrogen and oxygen atoms in total. The predicted octanol–water partition coefficient (Wildman–Crippen LogP) is 5.05. The molecule has 0 fully saturated rings. The molecule has 0 aliphatic heterocycles. The van der Waals surface area contributed by atoms with Crippen molar-refractivity contribution in [3.05, 3.63) is 93.0 Å². The van der Waals surface area contributed by atoms with Crippen LogP contribution < -0.4 is 10.0 Å². The van der Waals surface area contributed by atoms with Gasteiger partial charge in [0.1, 0.15) is 47.2 Å². The maximum Gasteiger partial charge on any atom is 0.304 e. The number of alkyl halides is 2. The van der Waals surface area contributed by atoms with Gasteiger partial charge in [-0.2, -0.15) is 24.2 Å². The van der Waals surface area contributed by atoms with E-state index in [1.165, 1.54) is 30.7 Å². The van der Waals surface area contributed by atoms with Gasteiger partial charge in [0.2, 0.25) is 15.9 Å². The molecule has 3 atom stereocenters. The molecule has 2 aromatic carbocycles. The summed E-state index contributed by atoms with van der Waals surface area (Å²) in [5.41, 5.74) is -1.06. The van der Waals surface area contributed by atoms with Crippen LogP contribution in [-0.4, -0.2) is 55.8 Å². The average Bonchev–Trinajstić information content (AvgIpc) is 3.63. The molecule has 0 saturated carbocycles. The van der Waals surface area contributed by atoms with Crippen molar-refractivity contribution in [1.29, 1.82) is 5.26 Å². The van der Waals surface area contributed by atoms with E-state index < -0.39 is 69.2 Å². The van der Waals surface area contributed by atoms with Crippen LogP contribution in [0, 0.1) is 52.6 Å². The molecule has 3 heterocycles. The van der Waals surface area contributed by atoms with E-state index in [4.69, 9.17) is 16.6 Å². The Bertz CT molecular complexity index is 2760. The number of halogens is 5. The highest BCUT2D eigenvalue weighted by Gasteiger charge is 2.60. The van der Waals surface area contributed by atoms with Gasteiger partial charge in [-0.3, -0.25) is 18.9 Å². The number of nitriles is 1. The number of amides is 1. The van der Waals surface area contributed by atoms with E-state index in [2.05, 4.69) is 43.9 Å². The number of hydrogen-bond acceptors (Lipinski definition) is 8. The lowest BCUT2D eigenvalue weighted by Gasteiger charge is -2.24. The number of sulfonamides is 1. The number of nitrogens with one attached hydrogen (secondary N) is 2. The number of anilines is 1. The molecule has 2 aliphatic rings. The van der Waals surface area contributed by atoms with E-state index in [0.717, 1.165) is 23.1 Å². The highest BCUT2D eigenvalue weighted by atomic mass is 35.5. The van der Waals surface area contributed by atoms with Gasteiger partial charge in [0.15, 0.2) is 11.5 Å². The maximum absolute atomic E-state index is 15.5. The van der Waals surface area contributed by atoms with Crippen LogP contribution in [0.3, 0.4) is 0 Å². The number of carbonyl (C=O) groups is 1. The second kappa shape index (κ2) is 13.7. The minimum atomic E-state index is -3.81. The summed E-state index contributed by atoms with van der Waals surface area (Å²) in [6.07, 6.45) is 0.654. The van der Waals surface area contributed by atoms with Gasteiger partial charge in [0.05, 0.1) is 39.8 Å². The summed E-state index contributed by atoms with van der Waals surface area (Å²) in [5, 5.41) is 31.5. The van der Waals surface area contributed by atoms with Gasteiger partial charge in [-0.25, -0.2) is 22.2 Å². The molecule has 3 aromatic heterocycles. The number of hydrogen-bond donors (Lipinski definition) is 3. The van der Waals surface area contributed by atoms with Crippen molar-refractivity contribution in [2.24, 2.45) is 13.0 Å². The smallest absolute Gasteiger partial charge is 0.304 e. The Hall–Kier alpha value is -5.93. The molecular weight excluding hydrogens is 776 g/mol. The molecule has 18 heteroatoms. The summed E-state index contributed by atoms with van der Waals surface area (Å²) in [7, 11) is -2.26. The third-order valence-electron chi connectivity index (χ3n) is 9.09. The Labute approximate surface area is 322 Å². The van der Waals surface area contributed by atoms with Crippen LogP contribution in [0.1, 0.15) is 59.7 Å². The maximum atomic E-state index is 15.5.